The Bertz CT molecular complexity index is 182. The second kappa shape index (κ2) is 2.79. The van der Waals surface area contributed by atoms with Crippen LogP contribution in [0.2, 0.25) is 0 Å². The number of aliphatic hydroxyl groups excluding tert-OH is 1. The normalized spacial score (nSPS) is 17.0. The number of hydrogen-bond donors (Lipinski definition) is 1. The molecule has 0 aromatic heterocycles. The van der Waals surface area contributed by atoms with E-state index in [1.807, 2.05) is 0 Å². The fraction of sp³-hybridized carbons (Fsp3) is 0.333. The van der Waals surface area contributed by atoms with Gasteiger partial charge in [0.2, 0.25) is 0 Å². The number of rotatable bonds is 2. The van der Waals surface area contributed by atoms with Gasteiger partial charge in [-0.25, -0.2) is 0 Å². The molecule has 1 amide bonds. The van der Waals surface area contributed by atoms with Gasteiger partial charge in [-0.05, 0) is 0 Å². The molecule has 0 bridgehead atoms. The molecule has 1 heterocycles. The molecule has 0 radical (unpaired) electrons. The Morgan fingerprint density at radius 1 is 1.60 bits per heavy atom. The van der Waals surface area contributed by atoms with E-state index in [0.29, 0.717) is 12.1 Å². The van der Waals surface area contributed by atoms with Crippen LogP contribution in [0.3, 0.4) is 0 Å². The molecule has 1 rings (SSSR count). The number of amides is 1. The molecular weight excluding hydrogens is 129 g/mol. The molecule has 1 aliphatic heterocycles. The number of nitrogens with zero attached hydrogens (tertiary/aromatic N) is 1. The van der Waals surface area contributed by atoms with Crippen LogP contribution in [0.1, 0.15) is 0 Å². The zero-order chi connectivity index (χ0) is 7.56. The number of carbonyl (C=O) groups is 1. The van der Waals surface area contributed by atoms with E-state index in [4.69, 9.17) is 5.11 Å². The molecule has 3 nitrogen and oxygen atoms in total. The summed E-state index contributed by atoms with van der Waals surface area (Å²) < 4.78 is 0. The van der Waals surface area contributed by atoms with Crippen molar-refractivity contribution < 1.29 is 9.90 Å². The van der Waals surface area contributed by atoms with E-state index in [0.717, 1.165) is 0 Å². The molecule has 0 aromatic rings. The quantitative estimate of drug-likeness (QED) is 0.466. The summed E-state index contributed by atoms with van der Waals surface area (Å²) in [6.45, 7) is 0.317. The fourth-order valence-corrected chi connectivity index (χ4v) is 0.843. The van der Waals surface area contributed by atoms with Crippen molar-refractivity contribution in [3.05, 3.63) is 12.2 Å². The van der Waals surface area contributed by atoms with E-state index < -0.39 is 0 Å². The van der Waals surface area contributed by atoms with Gasteiger partial charge in [0.05, 0.1) is 0 Å². The van der Waals surface area contributed by atoms with Crippen molar-refractivity contribution in [2.45, 2.75) is 0 Å². The van der Waals surface area contributed by atoms with Gasteiger partial charge in [-0.3, -0.25) is 0 Å². The van der Waals surface area contributed by atoms with Gasteiger partial charge in [-0.1, -0.05) is 0 Å². The summed E-state index contributed by atoms with van der Waals surface area (Å²) in [6, 6.07) is 0. The zero-order valence-electron chi connectivity index (χ0n) is 5.58. The van der Waals surface area contributed by atoms with Crippen molar-refractivity contribution in [3.63, 3.8) is 0 Å². The van der Waals surface area contributed by atoms with Crippen molar-refractivity contribution in [3.8, 4) is 0 Å². The van der Waals surface area contributed by atoms with Crippen LogP contribution in [0, 0.1) is 0 Å². The second-order valence-electron chi connectivity index (χ2n) is 2.04. The summed E-state index contributed by atoms with van der Waals surface area (Å²) in [5.74, 6) is -0.0981. The minimum absolute atomic E-state index is 0.0214. The van der Waals surface area contributed by atoms with Crippen LogP contribution in [0.4, 0.5) is 0 Å². The fourth-order valence-electron chi connectivity index (χ4n) is 0.843. The Hall–Kier alpha value is -0.895. The Morgan fingerprint density at radius 2 is 2.30 bits per heavy atom. The van der Waals surface area contributed by atoms with Crippen LogP contribution in [0.5, 0.6) is 0 Å². The SMILES string of the molecule is B=C1C=CC(=O)N1CCO. The molecule has 0 aromatic carbocycles. The average molecular weight is 137 g/mol. The van der Waals surface area contributed by atoms with Crippen molar-refractivity contribution in [1.29, 1.82) is 0 Å². The second-order valence-corrected chi connectivity index (χ2v) is 2.04. The third-order valence-corrected chi connectivity index (χ3v) is 1.35. The molecule has 0 atom stereocenters. The van der Waals surface area contributed by atoms with Crippen LogP contribution in [-0.4, -0.2) is 42.1 Å². The van der Waals surface area contributed by atoms with Crippen LogP contribution < -0.4 is 0 Å². The molecule has 0 saturated carbocycles. The monoisotopic (exact) mass is 137 g/mol. The summed E-state index contributed by atoms with van der Waals surface area (Å²) in [7, 11) is 3.61. The summed E-state index contributed by atoms with van der Waals surface area (Å²) in [5, 5.41) is 8.50. The van der Waals surface area contributed by atoms with Gasteiger partial charge in [0.1, 0.15) is 0 Å². The Balaban J connectivity index is 2.60. The van der Waals surface area contributed by atoms with Gasteiger partial charge in [0, 0.05) is 0 Å². The standard InChI is InChI=1S/C6H8BNO2/c7-5-1-2-6(10)8(5)3-4-9/h1-2,7,9H,3-4H2. The van der Waals surface area contributed by atoms with Crippen LogP contribution in [-0.2, 0) is 4.79 Å². The molecule has 1 aliphatic rings. The topological polar surface area (TPSA) is 40.5 Å². The first-order valence-corrected chi connectivity index (χ1v) is 3.05. The molecule has 0 spiro atoms. The molecule has 52 valence electrons. The van der Waals surface area contributed by atoms with E-state index in [9.17, 15) is 4.79 Å². The summed E-state index contributed by atoms with van der Waals surface area (Å²) >= 11 is 0. The Labute approximate surface area is 60.0 Å². The summed E-state index contributed by atoms with van der Waals surface area (Å²) in [5.41, 5.74) is 0.652. The first-order valence-electron chi connectivity index (χ1n) is 3.05. The minimum atomic E-state index is -0.0981. The first kappa shape index (κ1) is 7.21. The number of aliphatic hydroxyl groups is 1. The van der Waals surface area contributed by atoms with Gasteiger partial charge < -0.3 is 0 Å². The zero-order valence-corrected chi connectivity index (χ0v) is 5.58. The summed E-state index contributed by atoms with van der Waals surface area (Å²) in [4.78, 5) is 12.3. The average Bonchev–Trinajstić information content (AvgIpc) is 2.20. The summed E-state index contributed by atoms with van der Waals surface area (Å²) in [6.07, 6.45) is 3.08. The van der Waals surface area contributed by atoms with Crippen LogP contribution in [0.15, 0.2) is 12.2 Å². The van der Waals surface area contributed by atoms with Gasteiger partial charge in [-0.15, -0.1) is 0 Å². The molecule has 0 aliphatic carbocycles. The van der Waals surface area contributed by atoms with E-state index in [1.54, 1.807) is 6.08 Å². The number of β-amino-alcohol motifs (C(OH)–C–C–N with tert-alkyl or cyclic N) is 1. The first-order chi connectivity index (χ1) is 4.75. The molecule has 0 unspecified atom stereocenters. The molecular formula is C6H8BNO2. The predicted octanol–water partition coefficient (Wildman–Crippen LogP) is -1.59. The maximum absolute atomic E-state index is 10.8. The number of carbonyl (C=O) groups excluding carboxylic acids is 1. The van der Waals surface area contributed by atoms with E-state index in [1.165, 1.54) is 11.0 Å². The van der Waals surface area contributed by atoms with Gasteiger partial charge in [0.25, 0.3) is 0 Å². The van der Waals surface area contributed by atoms with E-state index >= 15 is 0 Å². The van der Waals surface area contributed by atoms with Gasteiger partial charge in [0.15, 0.2) is 0 Å². The third-order valence-electron chi connectivity index (χ3n) is 1.35. The van der Waals surface area contributed by atoms with Crippen LogP contribution in [0.25, 0.3) is 0 Å². The van der Waals surface area contributed by atoms with Crippen molar-refractivity contribution in [2.75, 3.05) is 13.2 Å². The van der Waals surface area contributed by atoms with E-state index in [-0.39, 0.29) is 12.5 Å². The molecule has 0 fully saturated rings. The Morgan fingerprint density at radius 3 is 2.70 bits per heavy atom. The third kappa shape index (κ3) is 1.16. The van der Waals surface area contributed by atoms with Gasteiger partial charge in [-0.2, -0.15) is 0 Å². The van der Waals surface area contributed by atoms with Crippen molar-refractivity contribution >= 4 is 19.0 Å². The van der Waals surface area contributed by atoms with Crippen LogP contribution >= 0.6 is 0 Å². The van der Waals surface area contributed by atoms with Crippen molar-refractivity contribution in [1.82, 2.24) is 4.90 Å². The maximum atomic E-state index is 10.8. The predicted molar refractivity (Wildman–Crippen MR) is 40.1 cm³/mol. The molecule has 4 heteroatoms. The molecule has 0 saturated heterocycles. The van der Waals surface area contributed by atoms with E-state index in [2.05, 4.69) is 7.49 Å². The Kier molecular flexibility index (Phi) is 2.01. The molecule has 1 N–H and O–H groups in total. The van der Waals surface area contributed by atoms with Crippen molar-refractivity contribution in [2.24, 2.45) is 0 Å². The number of hydrogen-bond acceptors (Lipinski definition) is 2. The molecule has 10 heavy (non-hydrogen) atoms. The van der Waals surface area contributed by atoms with Gasteiger partial charge >= 0.3 is 59.1 Å².